The number of aliphatic hydroxyl groups is 1. The average molecular weight is 347 g/mol. The molecule has 0 heterocycles. The van der Waals surface area contributed by atoms with Crippen LogP contribution < -0.4 is 5.48 Å². The van der Waals surface area contributed by atoms with E-state index in [-0.39, 0.29) is 10.8 Å². The fourth-order valence-electron chi connectivity index (χ4n) is 5.19. The van der Waals surface area contributed by atoms with E-state index in [2.05, 4.69) is 44.5 Å². The van der Waals surface area contributed by atoms with Gasteiger partial charge in [-0.15, -0.1) is 0 Å². The van der Waals surface area contributed by atoms with E-state index in [9.17, 15) is 4.79 Å². The summed E-state index contributed by atoms with van der Waals surface area (Å²) < 4.78 is 0. The molecule has 1 aromatic carbocycles. The summed E-state index contributed by atoms with van der Waals surface area (Å²) in [5.74, 6) is 0.296. The molecule has 4 unspecified atom stereocenters. The summed E-state index contributed by atoms with van der Waals surface area (Å²) in [4.78, 5) is 16.4. The van der Waals surface area contributed by atoms with Crippen LogP contribution in [0, 0.1) is 17.3 Å². The topological polar surface area (TPSA) is 78.8 Å². The highest BCUT2D eigenvalue weighted by molar-refractivity contribution is 5.73. The lowest BCUT2D eigenvalue weighted by Gasteiger charge is -2.30. The van der Waals surface area contributed by atoms with Gasteiger partial charge in [0.15, 0.2) is 6.04 Å². The normalized spacial score (nSPS) is 31.2. The van der Waals surface area contributed by atoms with E-state index in [0.717, 1.165) is 11.5 Å². The van der Waals surface area contributed by atoms with E-state index < -0.39 is 18.6 Å². The molecule has 4 atom stereocenters. The van der Waals surface area contributed by atoms with Crippen molar-refractivity contribution in [3.63, 3.8) is 0 Å². The van der Waals surface area contributed by atoms with E-state index in [4.69, 9.17) is 15.1 Å². The molecule has 0 bridgehead atoms. The summed E-state index contributed by atoms with van der Waals surface area (Å²) in [6, 6.07) is 7.24. The molecule has 138 valence electrons. The fraction of sp³-hybridized carbons (Fsp3) is 0.650. The maximum absolute atomic E-state index is 11.0. The molecular formula is C20H29NO4. The SMILES string of the molecule is CC1CCC2C(C)(C)C2(c2ccccc2CONC(CO)C(=O)O)C1. The third-order valence-corrected chi connectivity index (χ3v) is 6.58. The Balaban J connectivity index is 1.79. The largest absolute Gasteiger partial charge is 0.480 e. The molecule has 0 spiro atoms. The molecule has 0 saturated heterocycles. The number of hydrogen-bond acceptors (Lipinski definition) is 4. The Morgan fingerprint density at radius 3 is 2.76 bits per heavy atom. The molecule has 3 N–H and O–H groups in total. The van der Waals surface area contributed by atoms with E-state index in [1.807, 2.05) is 6.07 Å². The first-order chi connectivity index (χ1) is 11.8. The van der Waals surface area contributed by atoms with Crippen molar-refractivity contribution in [2.24, 2.45) is 17.3 Å². The standard InChI is InChI=1S/C20H29NO4/c1-13-8-9-17-19(2,3)20(17,10-13)15-7-5-4-6-14(15)12-25-21-16(11-22)18(23)24/h4-7,13,16-17,21-22H,8-12H2,1-3H3,(H,23,24). The zero-order chi connectivity index (χ0) is 18.2. The van der Waals surface area contributed by atoms with Gasteiger partial charge in [-0.1, -0.05) is 51.5 Å². The molecule has 2 aliphatic carbocycles. The van der Waals surface area contributed by atoms with E-state index in [0.29, 0.717) is 12.5 Å². The molecule has 25 heavy (non-hydrogen) atoms. The van der Waals surface area contributed by atoms with Crippen LogP contribution in [0.15, 0.2) is 24.3 Å². The molecular weight excluding hydrogens is 318 g/mol. The van der Waals surface area contributed by atoms with Crippen molar-refractivity contribution in [3.8, 4) is 0 Å². The lowest BCUT2D eigenvalue weighted by molar-refractivity contribution is -0.146. The summed E-state index contributed by atoms with van der Waals surface area (Å²) in [7, 11) is 0. The second-order valence-corrected chi connectivity index (χ2v) is 8.27. The molecule has 0 aromatic heterocycles. The fourth-order valence-corrected chi connectivity index (χ4v) is 5.19. The summed E-state index contributed by atoms with van der Waals surface area (Å²) >= 11 is 0. The lowest BCUT2D eigenvalue weighted by Crippen LogP contribution is -2.39. The van der Waals surface area contributed by atoms with Gasteiger partial charge >= 0.3 is 5.97 Å². The van der Waals surface area contributed by atoms with E-state index in [1.165, 1.54) is 24.8 Å². The van der Waals surface area contributed by atoms with Crippen molar-refractivity contribution < 1.29 is 19.8 Å². The highest BCUT2D eigenvalue weighted by Crippen LogP contribution is 2.76. The van der Waals surface area contributed by atoms with Crippen LogP contribution in [0.3, 0.4) is 0 Å². The summed E-state index contributed by atoms with van der Waals surface area (Å²) in [5.41, 5.74) is 5.38. The molecule has 0 amide bonds. The highest BCUT2D eigenvalue weighted by Gasteiger charge is 2.72. The molecule has 2 aliphatic rings. The van der Waals surface area contributed by atoms with Gasteiger partial charge in [-0.25, -0.2) is 0 Å². The van der Waals surface area contributed by atoms with Gasteiger partial charge in [-0.05, 0) is 41.2 Å². The van der Waals surface area contributed by atoms with Crippen LogP contribution in [-0.2, 0) is 21.7 Å². The first-order valence-corrected chi connectivity index (χ1v) is 9.14. The number of hydroxylamine groups is 1. The maximum Gasteiger partial charge on any atom is 0.325 e. The van der Waals surface area contributed by atoms with Crippen molar-refractivity contribution in [1.82, 2.24) is 5.48 Å². The minimum absolute atomic E-state index is 0.202. The summed E-state index contributed by atoms with van der Waals surface area (Å²) in [6.07, 6.45) is 3.77. The van der Waals surface area contributed by atoms with Crippen LogP contribution in [0.2, 0.25) is 0 Å². The molecule has 0 radical (unpaired) electrons. The van der Waals surface area contributed by atoms with Crippen molar-refractivity contribution in [2.75, 3.05) is 6.61 Å². The van der Waals surface area contributed by atoms with Crippen molar-refractivity contribution in [2.45, 2.75) is 58.1 Å². The van der Waals surface area contributed by atoms with Crippen LogP contribution in [-0.4, -0.2) is 28.8 Å². The highest BCUT2D eigenvalue weighted by atomic mass is 16.6. The molecule has 3 rings (SSSR count). The number of fused-ring (bicyclic) bond motifs is 1. The van der Waals surface area contributed by atoms with Gasteiger partial charge in [0.1, 0.15) is 0 Å². The van der Waals surface area contributed by atoms with Crippen molar-refractivity contribution in [3.05, 3.63) is 35.4 Å². The smallest absolute Gasteiger partial charge is 0.325 e. The van der Waals surface area contributed by atoms with Crippen LogP contribution in [0.4, 0.5) is 0 Å². The molecule has 2 fully saturated rings. The number of nitrogens with one attached hydrogen (secondary N) is 1. The molecule has 5 heteroatoms. The zero-order valence-electron chi connectivity index (χ0n) is 15.3. The van der Waals surface area contributed by atoms with Gasteiger partial charge in [0.2, 0.25) is 0 Å². The predicted molar refractivity (Wildman–Crippen MR) is 94.8 cm³/mol. The van der Waals surface area contributed by atoms with Crippen LogP contribution in [0.25, 0.3) is 0 Å². The second kappa shape index (κ2) is 6.71. The van der Waals surface area contributed by atoms with Gasteiger partial charge in [-0.2, -0.15) is 5.48 Å². The Labute approximate surface area is 149 Å². The number of aliphatic carboxylic acids is 1. The van der Waals surface area contributed by atoms with E-state index >= 15 is 0 Å². The Morgan fingerprint density at radius 1 is 1.36 bits per heavy atom. The van der Waals surface area contributed by atoms with Crippen LogP contribution in [0.1, 0.15) is 51.2 Å². The number of hydrogen-bond donors (Lipinski definition) is 3. The predicted octanol–water partition coefficient (Wildman–Crippen LogP) is 2.87. The number of carboxylic acids is 1. The summed E-state index contributed by atoms with van der Waals surface area (Å²) in [6.45, 7) is 6.87. The Bertz CT molecular complexity index is 644. The lowest BCUT2D eigenvalue weighted by atomic mass is 9.74. The first-order valence-electron chi connectivity index (χ1n) is 9.14. The minimum Gasteiger partial charge on any atom is -0.480 e. The minimum atomic E-state index is -1.13. The van der Waals surface area contributed by atoms with Crippen LogP contribution in [0.5, 0.6) is 0 Å². The summed E-state index contributed by atoms with van der Waals surface area (Å²) in [5, 5.41) is 18.0. The van der Waals surface area contributed by atoms with Crippen molar-refractivity contribution >= 4 is 5.97 Å². The Morgan fingerprint density at radius 2 is 2.08 bits per heavy atom. The third-order valence-electron chi connectivity index (χ3n) is 6.58. The molecule has 2 saturated carbocycles. The zero-order valence-corrected chi connectivity index (χ0v) is 15.3. The molecule has 1 aromatic rings. The quantitative estimate of drug-likeness (QED) is 0.661. The third kappa shape index (κ3) is 2.98. The molecule has 0 aliphatic heterocycles. The van der Waals surface area contributed by atoms with Gasteiger partial charge in [0.25, 0.3) is 0 Å². The number of benzene rings is 1. The van der Waals surface area contributed by atoms with Crippen LogP contribution >= 0.6 is 0 Å². The monoisotopic (exact) mass is 347 g/mol. The number of rotatable bonds is 7. The van der Waals surface area contributed by atoms with Gasteiger partial charge in [0.05, 0.1) is 13.2 Å². The number of carboxylic acid groups (broad SMARTS) is 1. The maximum atomic E-state index is 11.0. The number of carbonyl (C=O) groups is 1. The number of aliphatic hydroxyl groups excluding tert-OH is 1. The van der Waals surface area contributed by atoms with Gasteiger partial charge in [0, 0.05) is 5.41 Å². The van der Waals surface area contributed by atoms with E-state index in [1.54, 1.807) is 0 Å². The average Bonchev–Trinajstić information content (AvgIpc) is 3.07. The van der Waals surface area contributed by atoms with Gasteiger partial charge in [-0.3, -0.25) is 9.63 Å². The second-order valence-electron chi connectivity index (χ2n) is 8.27. The van der Waals surface area contributed by atoms with Crippen molar-refractivity contribution in [1.29, 1.82) is 0 Å². The first kappa shape index (κ1) is 18.4. The Hall–Kier alpha value is -1.43. The molecule has 5 nitrogen and oxygen atoms in total. The Kier molecular flexibility index (Phi) is 4.93. The van der Waals surface area contributed by atoms with Gasteiger partial charge < -0.3 is 10.2 Å².